The van der Waals surface area contributed by atoms with E-state index in [4.69, 9.17) is 15.1 Å². The zero-order chi connectivity index (χ0) is 3.58. The standard InChI is InChI=1S/BH3O3.Ca.K.H3N.Na.4H/c2-1(3)4;;;;;;;;/h2-4H;;;1H3;;;;;. The van der Waals surface area contributed by atoms with Crippen LogP contribution in [0, 0.1) is 0 Å². The van der Waals surface area contributed by atoms with Crippen molar-refractivity contribution in [3.63, 3.8) is 0 Å². The second-order valence-electron chi connectivity index (χ2n) is 0.346. The summed E-state index contributed by atoms with van der Waals surface area (Å²) in [6.45, 7) is 0. The fourth-order valence-electron chi connectivity index (χ4n) is 0. The fourth-order valence-corrected chi connectivity index (χ4v) is 0. The summed E-state index contributed by atoms with van der Waals surface area (Å²) in [6.07, 6.45) is 0. The van der Waals surface area contributed by atoms with Crippen molar-refractivity contribution in [3.05, 3.63) is 0 Å². The van der Waals surface area contributed by atoms with Gasteiger partial charge in [0.2, 0.25) is 0 Å². The molecule has 0 atom stereocenters. The molecule has 0 saturated carbocycles. The predicted molar refractivity (Wildman–Crippen MR) is 40.3 cm³/mol. The Bertz CT molecular complexity index is 24.0. The first-order chi connectivity index (χ1) is 1.73. The zero-order valence-electron chi connectivity index (χ0n) is 2.63. The molecule has 0 heterocycles. The van der Waals surface area contributed by atoms with Gasteiger partial charge in [0.1, 0.15) is 0 Å². The summed E-state index contributed by atoms with van der Waals surface area (Å²) in [6, 6.07) is 0. The van der Waals surface area contributed by atoms with Crippen molar-refractivity contribution in [2.45, 2.75) is 0 Å². The predicted octanol–water partition coefficient (Wildman–Crippen LogP) is -4.10. The summed E-state index contributed by atoms with van der Waals surface area (Å²) in [5.41, 5.74) is 0. The first kappa shape index (κ1) is 29.8. The monoisotopic (exact) mass is 185 g/mol. The summed E-state index contributed by atoms with van der Waals surface area (Å²) in [4.78, 5) is 0. The van der Waals surface area contributed by atoms with E-state index in [0.717, 1.165) is 0 Å². The topological polar surface area (TPSA) is 95.7 Å². The van der Waals surface area contributed by atoms with Crippen LogP contribution in [-0.4, -0.2) is 141 Å². The van der Waals surface area contributed by atoms with E-state index < -0.39 is 7.32 Å². The van der Waals surface area contributed by atoms with Gasteiger partial charge in [-0.1, -0.05) is 0 Å². The summed E-state index contributed by atoms with van der Waals surface area (Å²) in [5, 5.41) is 21.5. The average Bonchev–Trinajstić information content (AvgIpc) is 0.811. The molecule has 0 amide bonds. The quantitative estimate of drug-likeness (QED) is 0.288. The molecule has 0 spiro atoms. The van der Waals surface area contributed by atoms with Crippen molar-refractivity contribution < 1.29 is 15.1 Å². The van der Waals surface area contributed by atoms with E-state index in [2.05, 4.69) is 0 Å². The van der Waals surface area contributed by atoms with Crippen LogP contribution in [0.4, 0.5) is 0 Å². The SMILES string of the molecule is N.OB(O)O.[CaH2].[KH].[NaH]. The third-order valence-electron chi connectivity index (χ3n) is 0. The van der Waals surface area contributed by atoms with Gasteiger partial charge in [-0.2, -0.15) is 0 Å². The third-order valence-corrected chi connectivity index (χ3v) is 0. The number of hydrogen-bond acceptors (Lipinski definition) is 4. The summed E-state index contributed by atoms with van der Waals surface area (Å²) in [7, 11) is -2.17. The van der Waals surface area contributed by atoms with Crippen molar-refractivity contribution in [1.29, 1.82) is 0 Å². The van der Waals surface area contributed by atoms with Crippen LogP contribution in [0.1, 0.15) is 0 Å². The molecule has 0 rings (SSSR count). The first-order valence-corrected chi connectivity index (χ1v) is 0.775. The Morgan fingerprint density at radius 1 is 1.00 bits per heavy atom. The van der Waals surface area contributed by atoms with Gasteiger partial charge in [-0.05, 0) is 0 Å². The maximum atomic E-state index is 7.17. The molecule has 4 nitrogen and oxygen atoms in total. The molecule has 0 aliphatic heterocycles. The molecule has 0 aromatic carbocycles. The summed E-state index contributed by atoms with van der Waals surface area (Å²) in [5.74, 6) is 0. The summed E-state index contributed by atoms with van der Waals surface area (Å²) >= 11 is 0. The van der Waals surface area contributed by atoms with E-state index in [9.17, 15) is 0 Å². The second kappa shape index (κ2) is 22.4. The summed E-state index contributed by atoms with van der Waals surface area (Å²) < 4.78 is 0. The molecule has 0 aromatic heterocycles. The molecular formula is H10BCaKNNaO3. The second-order valence-corrected chi connectivity index (χ2v) is 0.346. The van der Waals surface area contributed by atoms with Crippen molar-refractivity contribution in [2.75, 3.05) is 0 Å². The molecule has 0 bridgehead atoms. The average molecular weight is 185 g/mol. The van der Waals surface area contributed by atoms with E-state index in [1.54, 1.807) is 0 Å². The molecule has 0 fully saturated rings. The molecule has 8 heteroatoms. The molecule has 0 unspecified atom stereocenters. The van der Waals surface area contributed by atoms with E-state index in [1.807, 2.05) is 0 Å². The van der Waals surface area contributed by atoms with Crippen molar-refractivity contribution in [1.82, 2.24) is 6.15 Å². The van der Waals surface area contributed by atoms with Gasteiger partial charge in [-0.3, -0.25) is 0 Å². The van der Waals surface area contributed by atoms with Crippen LogP contribution in [0.2, 0.25) is 0 Å². The van der Waals surface area contributed by atoms with E-state index in [-0.39, 0.29) is 125 Å². The van der Waals surface area contributed by atoms with Gasteiger partial charge in [0.05, 0.1) is 0 Å². The number of hydrogen-bond donors (Lipinski definition) is 4. The van der Waals surface area contributed by atoms with E-state index in [1.165, 1.54) is 0 Å². The van der Waals surface area contributed by atoms with Crippen LogP contribution in [0.25, 0.3) is 0 Å². The number of rotatable bonds is 0. The van der Waals surface area contributed by atoms with Gasteiger partial charge < -0.3 is 21.2 Å². The molecule has 0 aliphatic rings. The normalized spacial score (nSPS) is 3.38. The molecule has 0 aromatic rings. The Hall–Kier alpha value is 3.80. The minimum absolute atomic E-state index is 0. The van der Waals surface area contributed by atoms with Crippen LogP contribution in [0.15, 0.2) is 0 Å². The Balaban J connectivity index is -0.00000000750. The van der Waals surface area contributed by atoms with Crippen LogP contribution >= 0.6 is 0 Å². The molecule has 0 radical (unpaired) electrons. The van der Waals surface area contributed by atoms with Gasteiger partial charge >= 0.3 is 126 Å². The minimum atomic E-state index is -2.17. The van der Waals surface area contributed by atoms with Crippen LogP contribution in [-0.2, 0) is 0 Å². The van der Waals surface area contributed by atoms with Crippen molar-refractivity contribution in [3.8, 4) is 0 Å². The van der Waals surface area contributed by atoms with Gasteiger partial charge in [-0.15, -0.1) is 0 Å². The Morgan fingerprint density at radius 3 is 1.00 bits per heavy atom. The van der Waals surface area contributed by atoms with Gasteiger partial charge in [0.25, 0.3) is 0 Å². The third kappa shape index (κ3) is 52.5. The van der Waals surface area contributed by atoms with E-state index >= 15 is 0 Å². The van der Waals surface area contributed by atoms with Gasteiger partial charge in [-0.25, -0.2) is 0 Å². The van der Waals surface area contributed by atoms with Crippen LogP contribution < -0.4 is 6.15 Å². The van der Waals surface area contributed by atoms with Crippen molar-refractivity contribution in [2.24, 2.45) is 0 Å². The molecule has 0 saturated heterocycles. The Morgan fingerprint density at radius 2 is 1.00 bits per heavy atom. The van der Waals surface area contributed by atoms with Crippen LogP contribution in [0.5, 0.6) is 0 Å². The molecule has 6 N–H and O–H groups in total. The van der Waals surface area contributed by atoms with Crippen LogP contribution in [0.3, 0.4) is 0 Å². The Kier molecular flexibility index (Phi) is 83.5. The molecule has 40 valence electrons. The fraction of sp³-hybridized carbons (Fsp3) is 0. The Labute approximate surface area is 143 Å². The maximum absolute atomic E-state index is 7.17. The van der Waals surface area contributed by atoms with E-state index in [0.29, 0.717) is 0 Å². The van der Waals surface area contributed by atoms with Gasteiger partial charge in [0.15, 0.2) is 0 Å². The molecular weight excluding hydrogens is 175 g/mol. The van der Waals surface area contributed by atoms with Crippen molar-refractivity contribution >= 4 is 126 Å². The zero-order valence-corrected chi connectivity index (χ0v) is 2.63. The first-order valence-electron chi connectivity index (χ1n) is 0.775. The molecule has 0 aliphatic carbocycles. The van der Waals surface area contributed by atoms with Gasteiger partial charge in [0, 0.05) is 0 Å². The molecule has 8 heavy (non-hydrogen) atoms.